The Balaban J connectivity index is 2.13. The van der Waals surface area contributed by atoms with Crippen LogP contribution in [0.4, 0.5) is 0 Å². The summed E-state index contributed by atoms with van der Waals surface area (Å²) in [7, 11) is 1.59. The lowest BCUT2D eigenvalue weighted by Crippen LogP contribution is -2.40. The molecule has 1 atom stereocenters. The minimum Gasteiger partial charge on any atom is -0.481 e. The van der Waals surface area contributed by atoms with Gasteiger partial charge < -0.3 is 15.6 Å². The van der Waals surface area contributed by atoms with Crippen molar-refractivity contribution in [2.24, 2.45) is 17.1 Å². The predicted octanol–water partition coefficient (Wildman–Crippen LogP) is 3.06. The number of aliphatic hydroxyl groups is 1. The minimum atomic E-state index is -0.611. The lowest BCUT2D eigenvalue weighted by molar-refractivity contribution is -0.0136. The number of aliphatic hydroxyl groups excluding tert-OH is 1. The molecule has 4 nitrogen and oxygen atoms in total. The molecular weight excluding hydrogens is 264 g/mol. The molecule has 21 heavy (non-hydrogen) atoms. The van der Waals surface area contributed by atoms with Crippen LogP contribution in [0.25, 0.3) is 0 Å². The highest BCUT2D eigenvalue weighted by molar-refractivity contribution is 5.19. The van der Waals surface area contributed by atoms with Crippen molar-refractivity contribution in [3.63, 3.8) is 0 Å². The van der Waals surface area contributed by atoms with Crippen LogP contribution in [0.15, 0.2) is 18.2 Å². The second kappa shape index (κ2) is 7.23. The first kappa shape index (κ1) is 16.2. The van der Waals surface area contributed by atoms with E-state index in [1.165, 1.54) is 12.8 Å². The Morgan fingerprint density at radius 2 is 2.14 bits per heavy atom. The van der Waals surface area contributed by atoms with E-state index in [0.717, 1.165) is 31.6 Å². The molecule has 0 aliphatic heterocycles. The molecule has 1 aromatic rings. The van der Waals surface area contributed by atoms with Gasteiger partial charge in [-0.2, -0.15) is 0 Å². The topological polar surface area (TPSA) is 68.4 Å². The van der Waals surface area contributed by atoms with Crippen molar-refractivity contribution >= 4 is 0 Å². The molecular formula is C17H28N2O2. The molecule has 0 spiro atoms. The highest BCUT2D eigenvalue weighted by atomic mass is 16.5. The number of nitrogens with two attached hydrogens (primary N) is 1. The Hall–Kier alpha value is -1.13. The quantitative estimate of drug-likeness (QED) is 0.845. The summed E-state index contributed by atoms with van der Waals surface area (Å²) < 4.78 is 5.15. The van der Waals surface area contributed by atoms with Crippen LogP contribution < -0.4 is 10.5 Å². The predicted molar refractivity (Wildman–Crippen MR) is 84.1 cm³/mol. The van der Waals surface area contributed by atoms with Crippen LogP contribution in [-0.2, 0) is 0 Å². The van der Waals surface area contributed by atoms with Crippen LogP contribution in [0.2, 0.25) is 0 Å². The molecule has 1 heterocycles. The van der Waals surface area contributed by atoms with Crippen molar-refractivity contribution in [1.82, 2.24) is 4.98 Å². The molecule has 1 aliphatic carbocycles. The summed E-state index contributed by atoms with van der Waals surface area (Å²) in [6.07, 6.45) is 6.19. The van der Waals surface area contributed by atoms with Crippen molar-refractivity contribution in [3.05, 3.63) is 23.9 Å². The molecule has 1 unspecified atom stereocenters. The summed E-state index contributed by atoms with van der Waals surface area (Å²) in [5, 5.41) is 10.8. The van der Waals surface area contributed by atoms with Crippen LogP contribution in [-0.4, -0.2) is 23.7 Å². The Bertz CT molecular complexity index is 442. The Kier molecular flexibility index (Phi) is 5.59. The van der Waals surface area contributed by atoms with Crippen LogP contribution in [0.5, 0.6) is 5.88 Å². The molecule has 1 aliphatic rings. The number of hydrogen-bond donors (Lipinski definition) is 2. The zero-order valence-electron chi connectivity index (χ0n) is 13.2. The van der Waals surface area contributed by atoms with Crippen molar-refractivity contribution in [2.75, 3.05) is 13.7 Å². The van der Waals surface area contributed by atoms with E-state index in [2.05, 4.69) is 11.9 Å². The molecule has 2 rings (SSSR count). The van der Waals surface area contributed by atoms with E-state index in [1.807, 2.05) is 12.1 Å². The first-order valence-corrected chi connectivity index (χ1v) is 8.04. The van der Waals surface area contributed by atoms with E-state index in [9.17, 15) is 5.11 Å². The lowest BCUT2D eigenvalue weighted by Gasteiger charge is -2.42. The molecule has 0 amide bonds. The molecule has 3 N–H and O–H groups in total. The van der Waals surface area contributed by atoms with Crippen LogP contribution in [0.3, 0.4) is 0 Å². The fraction of sp³-hybridized carbons (Fsp3) is 0.706. The minimum absolute atomic E-state index is 0.233. The maximum absolute atomic E-state index is 10.8. The summed E-state index contributed by atoms with van der Waals surface area (Å²) in [5.41, 5.74) is 6.49. The van der Waals surface area contributed by atoms with Crippen LogP contribution in [0, 0.1) is 11.3 Å². The molecule has 1 fully saturated rings. The third-order valence-electron chi connectivity index (χ3n) is 5.02. The zero-order valence-corrected chi connectivity index (χ0v) is 13.2. The van der Waals surface area contributed by atoms with Gasteiger partial charge in [0, 0.05) is 18.0 Å². The first-order valence-electron chi connectivity index (χ1n) is 8.04. The fourth-order valence-electron chi connectivity index (χ4n) is 3.55. The SMILES string of the molecule is CCCC1CCC(CN)(C(O)c2cccc(OC)n2)CC1. The summed E-state index contributed by atoms with van der Waals surface area (Å²) in [6, 6.07) is 5.53. The van der Waals surface area contributed by atoms with Crippen LogP contribution in [0.1, 0.15) is 57.2 Å². The smallest absolute Gasteiger partial charge is 0.213 e. The van der Waals surface area contributed by atoms with E-state index < -0.39 is 6.10 Å². The number of ether oxygens (including phenoxy) is 1. The van der Waals surface area contributed by atoms with Gasteiger partial charge in [-0.05, 0) is 37.7 Å². The molecule has 118 valence electrons. The molecule has 0 saturated heterocycles. The number of methoxy groups -OCH3 is 1. The zero-order chi connectivity index (χ0) is 15.3. The Morgan fingerprint density at radius 3 is 2.71 bits per heavy atom. The van der Waals surface area contributed by atoms with Crippen molar-refractivity contribution < 1.29 is 9.84 Å². The van der Waals surface area contributed by atoms with Gasteiger partial charge in [0.2, 0.25) is 5.88 Å². The fourth-order valence-corrected chi connectivity index (χ4v) is 3.55. The van der Waals surface area contributed by atoms with Crippen molar-refractivity contribution in [1.29, 1.82) is 0 Å². The van der Waals surface area contributed by atoms with Gasteiger partial charge in [0.05, 0.1) is 12.8 Å². The van der Waals surface area contributed by atoms with Gasteiger partial charge >= 0.3 is 0 Å². The average molecular weight is 292 g/mol. The van der Waals surface area contributed by atoms with Gasteiger partial charge in [0.1, 0.15) is 6.10 Å². The van der Waals surface area contributed by atoms with Gasteiger partial charge in [0.25, 0.3) is 0 Å². The summed E-state index contributed by atoms with van der Waals surface area (Å²) in [4.78, 5) is 4.39. The highest BCUT2D eigenvalue weighted by Crippen LogP contribution is 2.47. The highest BCUT2D eigenvalue weighted by Gasteiger charge is 2.41. The molecule has 0 aromatic carbocycles. The van der Waals surface area contributed by atoms with Gasteiger partial charge in [-0.3, -0.25) is 0 Å². The number of nitrogens with zero attached hydrogens (tertiary/aromatic N) is 1. The van der Waals surface area contributed by atoms with Gasteiger partial charge in [-0.25, -0.2) is 4.98 Å². The second-order valence-corrected chi connectivity index (χ2v) is 6.31. The number of hydrogen-bond acceptors (Lipinski definition) is 4. The molecule has 0 radical (unpaired) electrons. The Morgan fingerprint density at radius 1 is 1.43 bits per heavy atom. The van der Waals surface area contributed by atoms with Crippen molar-refractivity contribution in [2.45, 2.75) is 51.6 Å². The molecule has 1 saturated carbocycles. The maximum atomic E-state index is 10.8. The number of aromatic nitrogens is 1. The van der Waals surface area contributed by atoms with Crippen LogP contribution >= 0.6 is 0 Å². The van der Waals surface area contributed by atoms with Gasteiger partial charge in [-0.1, -0.05) is 25.8 Å². The third kappa shape index (κ3) is 3.55. The van der Waals surface area contributed by atoms with E-state index in [1.54, 1.807) is 13.2 Å². The van der Waals surface area contributed by atoms with Gasteiger partial charge in [0.15, 0.2) is 0 Å². The van der Waals surface area contributed by atoms with E-state index in [4.69, 9.17) is 10.5 Å². The summed E-state index contributed by atoms with van der Waals surface area (Å²) in [6.45, 7) is 2.74. The standard InChI is InChI=1S/C17H28N2O2/c1-3-5-13-8-10-17(12-18,11-9-13)16(20)14-6-4-7-15(19-14)21-2/h4,6-7,13,16,20H,3,5,8-12,18H2,1-2H3. The monoisotopic (exact) mass is 292 g/mol. The summed E-state index contributed by atoms with van der Waals surface area (Å²) >= 11 is 0. The number of rotatable bonds is 6. The second-order valence-electron chi connectivity index (χ2n) is 6.31. The van der Waals surface area contributed by atoms with E-state index in [0.29, 0.717) is 18.1 Å². The Labute approximate surface area is 127 Å². The maximum Gasteiger partial charge on any atom is 0.213 e. The van der Waals surface area contributed by atoms with E-state index in [-0.39, 0.29) is 5.41 Å². The van der Waals surface area contributed by atoms with E-state index >= 15 is 0 Å². The molecule has 0 bridgehead atoms. The largest absolute Gasteiger partial charge is 0.481 e. The average Bonchev–Trinajstić information content (AvgIpc) is 2.55. The normalized spacial score (nSPS) is 27.3. The van der Waals surface area contributed by atoms with Crippen molar-refractivity contribution in [3.8, 4) is 5.88 Å². The first-order chi connectivity index (χ1) is 10.1. The third-order valence-corrected chi connectivity index (χ3v) is 5.02. The number of pyridine rings is 1. The molecule has 1 aromatic heterocycles. The molecule has 4 heteroatoms. The van der Waals surface area contributed by atoms with Gasteiger partial charge in [-0.15, -0.1) is 0 Å². The summed E-state index contributed by atoms with van der Waals surface area (Å²) in [5.74, 6) is 1.33. The lowest BCUT2D eigenvalue weighted by atomic mass is 9.66.